The number of nitrogens with zero attached hydrogens (tertiary/aromatic N) is 6. The Bertz CT molecular complexity index is 2320. The fraction of sp³-hybridized carbons (Fsp3) is 0.500. The lowest BCUT2D eigenvalue weighted by atomic mass is 9.49. The number of benzene rings is 3. The van der Waals surface area contributed by atoms with Crippen LogP contribution in [0.3, 0.4) is 0 Å². The summed E-state index contributed by atoms with van der Waals surface area (Å²) in [6.07, 6.45) is 2.14. The normalized spacial score (nSPS) is 24.3. The smallest absolute Gasteiger partial charge is 0.255 e. The Morgan fingerprint density at radius 3 is 2.37 bits per heavy atom. The number of rotatable bonds is 12. The van der Waals surface area contributed by atoms with E-state index in [-0.39, 0.29) is 59.1 Å². The van der Waals surface area contributed by atoms with Crippen LogP contribution >= 0.6 is 11.6 Å². The van der Waals surface area contributed by atoms with Gasteiger partial charge in [0.25, 0.3) is 11.8 Å². The molecule has 1 saturated carbocycles. The van der Waals surface area contributed by atoms with Gasteiger partial charge < -0.3 is 24.8 Å². The number of imide groups is 1. The van der Waals surface area contributed by atoms with E-state index in [9.17, 15) is 29.2 Å². The second kappa shape index (κ2) is 17.6. The predicted octanol–water partition coefficient (Wildman–Crippen LogP) is 4.83. The average molecular weight is 877 g/mol. The topological polar surface area (TPSA) is 159 Å². The third-order valence-corrected chi connectivity index (χ3v) is 14.4. The number of nitriles is 1. The first-order valence-corrected chi connectivity index (χ1v) is 22.4. The van der Waals surface area contributed by atoms with Crippen molar-refractivity contribution in [3.8, 4) is 11.8 Å². The molecule has 2 N–H and O–H groups in total. The number of anilines is 1. The van der Waals surface area contributed by atoms with Crippen LogP contribution in [0.15, 0.2) is 60.7 Å². The minimum atomic E-state index is -0.628. The molecule has 0 aromatic heterocycles. The molecule has 0 bridgehead atoms. The van der Waals surface area contributed by atoms with E-state index in [0.29, 0.717) is 53.5 Å². The fourth-order valence-electron chi connectivity index (χ4n) is 10.7. The molecule has 63 heavy (non-hydrogen) atoms. The summed E-state index contributed by atoms with van der Waals surface area (Å²) in [7, 11) is 1.90. The summed E-state index contributed by atoms with van der Waals surface area (Å²) in [6, 6.07) is 19.7. The number of halogens is 1. The summed E-state index contributed by atoms with van der Waals surface area (Å²) in [5.74, 6) is -0.292. The second-order valence-corrected chi connectivity index (χ2v) is 19.4. The van der Waals surface area contributed by atoms with Crippen LogP contribution in [0.25, 0.3) is 0 Å². The molecule has 5 amide bonds. The molecular formula is C48H57ClN8O6. The number of carbonyl (C=O) groups is 5. The minimum absolute atomic E-state index is 0.136. The third-order valence-electron chi connectivity index (χ3n) is 14.1. The van der Waals surface area contributed by atoms with Crippen molar-refractivity contribution < 1.29 is 28.7 Å². The summed E-state index contributed by atoms with van der Waals surface area (Å²) in [6.45, 7) is 14.9. The standard InChI is InChI=1S/C48H57ClN8O6/c1-47(2)45(48(3,4)46(47)63-35-14-12-32(27-50)37(49)26-35)52-41(59)31-10-8-30(9-11-31)28-56-18-6-7-39(56)44(62)53(5)19-20-54-21-23-55(24-22-54)34-13-15-36-33(25-34)29-57(43(36)61)38-16-17-40(58)51-42(38)60/h8-15,25-26,38-39,45-46H,6-7,16-24,28-29H2,1-5H3,(H,52,59)(H,51,58,60)/t38?,39-,45?,46?/m0/s1. The summed E-state index contributed by atoms with van der Waals surface area (Å²) in [5.41, 5.74) is 3.83. The number of ether oxygens (including phenoxy) is 1. The van der Waals surface area contributed by atoms with Crippen molar-refractivity contribution in [2.75, 3.05) is 57.8 Å². The molecule has 0 spiro atoms. The van der Waals surface area contributed by atoms with Crippen molar-refractivity contribution in [3.63, 3.8) is 0 Å². The van der Waals surface area contributed by atoms with E-state index in [1.807, 2.05) is 48.3 Å². The number of likely N-dealkylation sites (tertiary alicyclic amines) is 1. The maximum absolute atomic E-state index is 13.8. The summed E-state index contributed by atoms with van der Waals surface area (Å²) >= 11 is 6.26. The molecule has 4 heterocycles. The van der Waals surface area contributed by atoms with Crippen LogP contribution in [-0.2, 0) is 27.5 Å². The van der Waals surface area contributed by atoms with Gasteiger partial charge in [0.05, 0.1) is 16.6 Å². The van der Waals surface area contributed by atoms with Crippen LogP contribution in [0.5, 0.6) is 5.75 Å². The number of hydrogen-bond donors (Lipinski definition) is 2. The highest BCUT2D eigenvalue weighted by atomic mass is 35.5. The summed E-state index contributed by atoms with van der Waals surface area (Å²) < 4.78 is 6.39. The highest BCUT2D eigenvalue weighted by molar-refractivity contribution is 6.31. The van der Waals surface area contributed by atoms with Crippen LogP contribution in [0.1, 0.15) is 90.8 Å². The SMILES string of the molecule is CN(CCN1CCN(c2ccc3c(c2)CN(C2CCC(=O)NC2=O)C3=O)CC1)C(=O)[C@@H]1CCCN1Cc1ccc(C(=O)NC2C(C)(C)C(Oc3ccc(C#N)c(Cl)c3)C2(C)C)cc1. The van der Waals surface area contributed by atoms with E-state index in [0.717, 1.165) is 68.9 Å². The van der Waals surface area contributed by atoms with E-state index in [1.54, 1.807) is 23.1 Å². The van der Waals surface area contributed by atoms with Gasteiger partial charge in [0.15, 0.2) is 0 Å². The third kappa shape index (κ3) is 8.75. The van der Waals surface area contributed by atoms with E-state index < -0.39 is 11.9 Å². The number of amides is 5. The first kappa shape index (κ1) is 44.1. The molecule has 4 fully saturated rings. The zero-order chi connectivity index (χ0) is 44.8. The molecular weight excluding hydrogens is 820 g/mol. The number of piperazine rings is 1. The van der Waals surface area contributed by atoms with Crippen molar-refractivity contribution >= 4 is 46.8 Å². The van der Waals surface area contributed by atoms with Crippen LogP contribution in [-0.4, -0.2) is 126 Å². The van der Waals surface area contributed by atoms with Crippen molar-refractivity contribution in [2.45, 2.75) is 90.7 Å². The monoisotopic (exact) mass is 876 g/mol. The van der Waals surface area contributed by atoms with Gasteiger partial charge in [0.2, 0.25) is 17.7 Å². The van der Waals surface area contributed by atoms with Gasteiger partial charge in [0, 0.05) is 106 Å². The number of hydrogen-bond acceptors (Lipinski definition) is 10. The minimum Gasteiger partial charge on any atom is -0.489 e. The predicted molar refractivity (Wildman–Crippen MR) is 238 cm³/mol. The molecule has 3 aromatic carbocycles. The van der Waals surface area contributed by atoms with Gasteiger partial charge in [-0.2, -0.15) is 5.26 Å². The first-order valence-electron chi connectivity index (χ1n) is 22.0. The highest BCUT2D eigenvalue weighted by Crippen LogP contribution is 2.55. The van der Waals surface area contributed by atoms with Gasteiger partial charge in [-0.25, -0.2) is 0 Å². The Balaban J connectivity index is 0.783. The Labute approximate surface area is 374 Å². The lowest BCUT2D eigenvalue weighted by molar-refractivity contribution is -0.164. The van der Waals surface area contributed by atoms with Gasteiger partial charge in [-0.15, -0.1) is 0 Å². The molecule has 4 aliphatic heterocycles. The summed E-state index contributed by atoms with van der Waals surface area (Å²) in [4.78, 5) is 75.0. The molecule has 1 aliphatic carbocycles. The van der Waals surface area contributed by atoms with Crippen LogP contribution in [0.2, 0.25) is 5.02 Å². The molecule has 5 aliphatic rings. The maximum atomic E-state index is 13.8. The van der Waals surface area contributed by atoms with Crippen molar-refractivity contribution in [1.82, 2.24) is 30.2 Å². The average Bonchev–Trinajstić information content (AvgIpc) is 3.86. The van der Waals surface area contributed by atoms with Gasteiger partial charge >= 0.3 is 0 Å². The first-order chi connectivity index (χ1) is 30.0. The molecule has 14 nitrogen and oxygen atoms in total. The number of likely N-dealkylation sites (N-methyl/N-ethyl adjacent to an activating group) is 1. The van der Waals surface area contributed by atoms with Crippen LogP contribution < -0.4 is 20.3 Å². The Morgan fingerprint density at radius 2 is 1.68 bits per heavy atom. The van der Waals surface area contributed by atoms with Crippen LogP contribution in [0.4, 0.5) is 5.69 Å². The quantitative estimate of drug-likeness (QED) is 0.242. The molecule has 3 aromatic rings. The van der Waals surface area contributed by atoms with Crippen molar-refractivity contribution in [3.05, 3.63) is 93.5 Å². The highest BCUT2D eigenvalue weighted by Gasteiger charge is 2.64. The van der Waals surface area contributed by atoms with E-state index in [1.165, 1.54) is 0 Å². The lowest BCUT2D eigenvalue weighted by Gasteiger charge is -2.63. The van der Waals surface area contributed by atoms with Gasteiger partial charge in [-0.05, 0) is 79.4 Å². The summed E-state index contributed by atoms with van der Waals surface area (Å²) in [5, 5.41) is 15.2. The van der Waals surface area contributed by atoms with Gasteiger partial charge in [-0.1, -0.05) is 51.4 Å². The zero-order valence-electron chi connectivity index (χ0n) is 36.8. The Kier molecular flexibility index (Phi) is 12.3. The fourth-order valence-corrected chi connectivity index (χ4v) is 11.0. The Hall–Kier alpha value is -5.49. The van der Waals surface area contributed by atoms with Gasteiger partial charge in [0.1, 0.15) is 24.0 Å². The molecule has 3 saturated heterocycles. The number of nitrogens with one attached hydrogen (secondary N) is 2. The maximum Gasteiger partial charge on any atom is 0.255 e. The largest absolute Gasteiger partial charge is 0.489 e. The van der Waals surface area contributed by atoms with E-state index >= 15 is 0 Å². The molecule has 8 rings (SSSR count). The number of piperidine rings is 1. The number of carbonyl (C=O) groups excluding carboxylic acids is 5. The molecule has 2 atom stereocenters. The van der Waals surface area contributed by atoms with Gasteiger partial charge in [-0.3, -0.25) is 39.1 Å². The number of fused-ring (bicyclic) bond motifs is 1. The van der Waals surface area contributed by atoms with E-state index in [4.69, 9.17) is 16.3 Å². The molecule has 0 radical (unpaired) electrons. The van der Waals surface area contributed by atoms with Crippen LogP contribution in [0, 0.1) is 22.2 Å². The van der Waals surface area contributed by atoms with Crippen molar-refractivity contribution in [2.24, 2.45) is 10.8 Å². The Morgan fingerprint density at radius 1 is 0.952 bits per heavy atom. The second-order valence-electron chi connectivity index (χ2n) is 19.0. The molecule has 15 heteroatoms. The zero-order valence-corrected chi connectivity index (χ0v) is 37.5. The molecule has 332 valence electrons. The molecule has 1 unspecified atom stereocenters. The lowest BCUT2D eigenvalue weighted by Crippen LogP contribution is -2.74. The van der Waals surface area contributed by atoms with Crippen molar-refractivity contribution in [1.29, 1.82) is 5.26 Å². The van der Waals surface area contributed by atoms with E-state index in [2.05, 4.69) is 65.2 Å².